The molecule has 2 atom stereocenters. The highest BCUT2D eigenvalue weighted by Gasteiger charge is 2.42. The SMILES string of the molecule is CN1C(=O)[C@H](Cc2c[nH]c3ccccc23)N[C@@H]1C(C)(C)C. The first-order valence-electron chi connectivity index (χ1n) is 7.45. The van der Waals surface area contributed by atoms with Crippen molar-refractivity contribution < 1.29 is 4.79 Å². The minimum absolute atomic E-state index is 0.0272. The first-order chi connectivity index (χ1) is 9.88. The van der Waals surface area contributed by atoms with Crippen LogP contribution in [0.5, 0.6) is 0 Å². The second kappa shape index (κ2) is 4.88. The van der Waals surface area contributed by atoms with Crippen LogP contribution in [0.3, 0.4) is 0 Å². The van der Waals surface area contributed by atoms with Crippen molar-refractivity contribution >= 4 is 16.8 Å². The minimum Gasteiger partial charge on any atom is -0.361 e. The molecule has 2 N–H and O–H groups in total. The van der Waals surface area contributed by atoms with Crippen molar-refractivity contribution in [2.75, 3.05) is 7.05 Å². The van der Waals surface area contributed by atoms with E-state index in [9.17, 15) is 4.79 Å². The number of amides is 1. The molecule has 1 amide bonds. The maximum Gasteiger partial charge on any atom is 0.241 e. The smallest absolute Gasteiger partial charge is 0.241 e. The Morgan fingerprint density at radius 2 is 1.95 bits per heavy atom. The number of H-pyrrole nitrogens is 1. The number of hydrogen-bond donors (Lipinski definition) is 2. The lowest BCUT2D eigenvalue weighted by Crippen LogP contribution is -2.45. The van der Waals surface area contributed by atoms with Crippen LogP contribution in [-0.4, -0.2) is 35.0 Å². The van der Waals surface area contributed by atoms with E-state index in [1.807, 2.05) is 30.3 Å². The quantitative estimate of drug-likeness (QED) is 0.890. The van der Waals surface area contributed by atoms with Gasteiger partial charge in [-0.05, 0) is 23.5 Å². The fourth-order valence-electron chi connectivity index (χ4n) is 3.24. The van der Waals surface area contributed by atoms with Gasteiger partial charge in [0.2, 0.25) is 5.91 Å². The van der Waals surface area contributed by atoms with Crippen molar-refractivity contribution in [3.8, 4) is 0 Å². The Hall–Kier alpha value is -1.81. The number of hydrogen-bond acceptors (Lipinski definition) is 2. The topological polar surface area (TPSA) is 48.1 Å². The van der Waals surface area contributed by atoms with Crippen LogP contribution >= 0.6 is 0 Å². The molecule has 1 aromatic carbocycles. The zero-order valence-electron chi connectivity index (χ0n) is 13.1. The molecule has 0 aliphatic carbocycles. The predicted octanol–water partition coefficient (Wildman–Crippen LogP) is 2.51. The molecule has 1 aromatic heterocycles. The third kappa shape index (κ3) is 2.44. The number of para-hydroxylation sites is 1. The van der Waals surface area contributed by atoms with Crippen LogP contribution in [0.15, 0.2) is 30.5 Å². The summed E-state index contributed by atoms with van der Waals surface area (Å²) in [7, 11) is 1.89. The molecular formula is C17H23N3O. The molecule has 1 fully saturated rings. The first kappa shape index (κ1) is 14.1. The van der Waals surface area contributed by atoms with Gasteiger partial charge in [-0.1, -0.05) is 39.0 Å². The summed E-state index contributed by atoms with van der Waals surface area (Å²) >= 11 is 0. The Balaban J connectivity index is 1.84. The average Bonchev–Trinajstić information content (AvgIpc) is 2.95. The van der Waals surface area contributed by atoms with Crippen molar-refractivity contribution in [2.24, 2.45) is 5.41 Å². The molecule has 21 heavy (non-hydrogen) atoms. The highest BCUT2D eigenvalue weighted by Crippen LogP contribution is 2.28. The van der Waals surface area contributed by atoms with Crippen molar-refractivity contribution in [1.82, 2.24) is 15.2 Å². The van der Waals surface area contributed by atoms with Crippen LogP contribution < -0.4 is 5.32 Å². The Morgan fingerprint density at radius 1 is 1.24 bits per heavy atom. The normalized spacial score (nSPS) is 23.2. The van der Waals surface area contributed by atoms with Gasteiger partial charge in [0.1, 0.15) is 0 Å². The zero-order valence-corrected chi connectivity index (χ0v) is 13.1. The molecule has 0 radical (unpaired) electrons. The number of benzene rings is 1. The van der Waals surface area contributed by atoms with E-state index in [0.29, 0.717) is 0 Å². The van der Waals surface area contributed by atoms with E-state index in [1.54, 1.807) is 0 Å². The van der Waals surface area contributed by atoms with E-state index in [1.165, 1.54) is 10.9 Å². The molecule has 0 unspecified atom stereocenters. The molecule has 2 aromatic rings. The van der Waals surface area contributed by atoms with Gasteiger partial charge in [0, 0.05) is 24.1 Å². The van der Waals surface area contributed by atoms with Crippen molar-refractivity contribution in [3.05, 3.63) is 36.0 Å². The van der Waals surface area contributed by atoms with E-state index in [4.69, 9.17) is 0 Å². The number of rotatable bonds is 2. The van der Waals surface area contributed by atoms with Gasteiger partial charge >= 0.3 is 0 Å². The van der Waals surface area contributed by atoms with Crippen molar-refractivity contribution in [2.45, 2.75) is 39.4 Å². The fourth-order valence-corrected chi connectivity index (χ4v) is 3.24. The van der Waals surface area contributed by atoms with Crippen molar-refractivity contribution in [3.63, 3.8) is 0 Å². The molecule has 4 heteroatoms. The Morgan fingerprint density at radius 3 is 2.62 bits per heavy atom. The Labute approximate surface area is 125 Å². The van der Waals surface area contributed by atoms with Gasteiger partial charge in [0.05, 0.1) is 12.2 Å². The first-order valence-corrected chi connectivity index (χ1v) is 7.45. The Kier molecular flexibility index (Phi) is 3.29. The van der Waals surface area contributed by atoms with Gasteiger partial charge in [-0.3, -0.25) is 10.1 Å². The number of carbonyl (C=O) groups excluding carboxylic acids is 1. The lowest BCUT2D eigenvalue weighted by Gasteiger charge is -2.32. The van der Waals surface area contributed by atoms with E-state index >= 15 is 0 Å². The van der Waals surface area contributed by atoms with E-state index in [2.05, 4.69) is 43.2 Å². The number of aromatic nitrogens is 1. The number of nitrogens with one attached hydrogen (secondary N) is 2. The van der Waals surface area contributed by atoms with Crippen LogP contribution in [0.1, 0.15) is 26.3 Å². The highest BCUT2D eigenvalue weighted by molar-refractivity contribution is 5.87. The van der Waals surface area contributed by atoms with Crippen LogP contribution in [-0.2, 0) is 11.2 Å². The third-order valence-corrected chi connectivity index (χ3v) is 4.31. The average molecular weight is 285 g/mol. The Bertz CT molecular complexity index is 668. The maximum absolute atomic E-state index is 12.5. The van der Waals surface area contributed by atoms with Gasteiger partial charge < -0.3 is 9.88 Å². The van der Waals surface area contributed by atoms with Gasteiger partial charge in [0.25, 0.3) is 0 Å². The van der Waals surface area contributed by atoms with E-state index in [0.717, 1.165) is 11.9 Å². The number of likely N-dealkylation sites (N-methyl/N-ethyl adjacent to an activating group) is 1. The molecule has 3 rings (SSSR count). The van der Waals surface area contributed by atoms with Crippen LogP contribution in [0.4, 0.5) is 0 Å². The monoisotopic (exact) mass is 285 g/mol. The summed E-state index contributed by atoms with van der Waals surface area (Å²) < 4.78 is 0. The zero-order chi connectivity index (χ0) is 15.2. The molecule has 0 bridgehead atoms. The molecule has 4 nitrogen and oxygen atoms in total. The van der Waals surface area contributed by atoms with Gasteiger partial charge in [-0.15, -0.1) is 0 Å². The van der Waals surface area contributed by atoms with Crippen molar-refractivity contribution in [1.29, 1.82) is 0 Å². The largest absolute Gasteiger partial charge is 0.361 e. The lowest BCUT2D eigenvalue weighted by atomic mass is 9.92. The molecule has 112 valence electrons. The standard InChI is InChI=1S/C17H23N3O/c1-17(2,3)16-19-14(15(21)20(16)4)9-11-10-18-13-8-6-5-7-12(11)13/h5-8,10,14,16,18-19H,9H2,1-4H3/t14-,16-/m0/s1. The molecule has 1 aliphatic rings. The summed E-state index contributed by atoms with van der Waals surface area (Å²) in [5, 5.41) is 4.70. The second-order valence-corrected chi connectivity index (χ2v) is 7.00. The second-order valence-electron chi connectivity index (χ2n) is 7.00. The molecule has 0 saturated carbocycles. The summed E-state index contributed by atoms with van der Waals surface area (Å²) in [6.07, 6.45) is 2.82. The van der Waals surface area contributed by atoms with Crippen LogP contribution in [0.25, 0.3) is 10.9 Å². The van der Waals surface area contributed by atoms with Crippen LogP contribution in [0, 0.1) is 5.41 Å². The predicted molar refractivity (Wildman–Crippen MR) is 84.9 cm³/mol. The maximum atomic E-state index is 12.5. The number of nitrogens with zero attached hydrogens (tertiary/aromatic N) is 1. The molecule has 1 aliphatic heterocycles. The summed E-state index contributed by atoms with van der Waals surface area (Å²) in [5.41, 5.74) is 2.34. The fraction of sp³-hybridized carbons (Fsp3) is 0.471. The van der Waals surface area contributed by atoms with E-state index < -0.39 is 0 Å². The number of fused-ring (bicyclic) bond motifs is 1. The summed E-state index contributed by atoms with van der Waals surface area (Å²) in [5.74, 6) is 0.181. The molecule has 2 heterocycles. The van der Waals surface area contributed by atoms with Gasteiger partial charge in [0.15, 0.2) is 0 Å². The third-order valence-electron chi connectivity index (χ3n) is 4.31. The van der Waals surface area contributed by atoms with Crippen LogP contribution in [0.2, 0.25) is 0 Å². The summed E-state index contributed by atoms with van der Waals surface area (Å²) in [6, 6.07) is 8.08. The van der Waals surface area contributed by atoms with Gasteiger partial charge in [-0.2, -0.15) is 0 Å². The summed E-state index contributed by atoms with van der Waals surface area (Å²) in [4.78, 5) is 17.6. The highest BCUT2D eigenvalue weighted by atomic mass is 16.2. The lowest BCUT2D eigenvalue weighted by molar-refractivity contribution is -0.129. The number of carbonyl (C=O) groups is 1. The molecular weight excluding hydrogens is 262 g/mol. The molecule has 0 spiro atoms. The molecule has 1 saturated heterocycles. The number of aromatic amines is 1. The summed E-state index contributed by atoms with van der Waals surface area (Å²) in [6.45, 7) is 6.47. The minimum atomic E-state index is -0.140. The van der Waals surface area contributed by atoms with E-state index in [-0.39, 0.29) is 23.5 Å². The van der Waals surface area contributed by atoms with Gasteiger partial charge in [-0.25, -0.2) is 0 Å².